The highest BCUT2D eigenvalue weighted by molar-refractivity contribution is 7.80. The molecular formula is C16H13Cl2F2N3O3S. The molecule has 0 atom stereocenters. The maximum Gasteiger partial charge on any atom is 0.387 e. The third kappa shape index (κ3) is 7.41. The van der Waals surface area contributed by atoms with Crippen LogP contribution in [0.4, 0.5) is 14.5 Å². The Morgan fingerprint density at radius 3 is 2.44 bits per heavy atom. The number of hydrazine groups is 1. The summed E-state index contributed by atoms with van der Waals surface area (Å²) >= 11 is 16.7. The number of hydrogen-bond donors (Lipinski definition) is 3. The quantitative estimate of drug-likeness (QED) is 0.470. The number of carbonyl (C=O) groups excluding carboxylic acids is 1. The zero-order valence-electron chi connectivity index (χ0n) is 13.5. The van der Waals surface area contributed by atoms with Gasteiger partial charge in [-0.05, 0) is 54.7 Å². The number of carbonyl (C=O) groups is 1. The molecular weight excluding hydrogens is 423 g/mol. The van der Waals surface area contributed by atoms with Crippen molar-refractivity contribution in [2.24, 2.45) is 0 Å². The van der Waals surface area contributed by atoms with Crippen LogP contribution in [0.15, 0.2) is 42.5 Å². The molecule has 6 nitrogen and oxygen atoms in total. The fraction of sp³-hybridized carbons (Fsp3) is 0.125. The molecule has 11 heteroatoms. The molecule has 0 unspecified atom stereocenters. The molecule has 0 saturated heterocycles. The Kier molecular flexibility index (Phi) is 7.83. The number of halogens is 4. The summed E-state index contributed by atoms with van der Waals surface area (Å²) in [6.45, 7) is -3.21. The summed E-state index contributed by atoms with van der Waals surface area (Å²) in [7, 11) is 0. The van der Waals surface area contributed by atoms with Gasteiger partial charge in [0.2, 0.25) is 0 Å². The fourth-order valence-electron chi connectivity index (χ4n) is 1.78. The minimum atomic E-state index is -2.90. The third-order valence-electron chi connectivity index (χ3n) is 2.91. The summed E-state index contributed by atoms with van der Waals surface area (Å²) in [6.07, 6.45) is 0. The van der Waals surface area contributed by atoms with Crippen molar-refractivity contribution in [1.82, 2.24) is 10.9 Å². The molecule has 0 fully saturated rings. The minimum Gasteiger partial charge on any atom is -0.482 e. The van der Waals surface area contributed by atoms with E-state index in [1.54, 1.807) is 12.1 Å². The van der Waals surface area contributed by atoms with Gasteiger partial charge < -0.3 is 14.8 Å². The second kappa shape index (κ2) is 10.1. The normalized spacial score (nSPS) is 10.3. The van der Waals surface area contributed by atoms with Crippen LogP contribution in [-0.2, 0) is 4.79 Å². The predicted octanol–water partition coefficient (Wildman–Crippen LogP) is 3.99. The highest BCUT2D eigenvalue weighted by atomic mass is 35.5. The van der Waals surface area contributed by atoms with Crippen LogP contribution in [0.3, 0.4) is 0 Å². The first kappa shape index (κ1) is 20.9. The van der Waals surface area contributed by atoms with Crippen LogP contribution >= 0.6 is 35.4 Å². The molecule has 0 radical (unpaired) electrons. The first-order valence-electron chi connectivity index (χ1n) is 7.32. The topological polar surface area (TPSA) is 71.6 Å². The highest BCUT2D eigenvalue weighted by Gasteiger charge is 2.08. The molecule has 0 aliphatic carbocycles. The van der Waals surface area contributed by atoms with E-state index in [1.807, 2.05) is 0 Å². The van der Waals surface area contributed by atoms with Gasteiger partial charge in [-0.25, -0.2) is 0 Å². The second-order valence-corrected chi connectivity index (χ2v) is 6.15. The van der Waals surface area contributed by atoms with Crippen molar-refractivity contribution in [2.75, 3.05) is 11.9 Å². The fourth-order valence-corrected chi connectivity index (χ4v) is 2.41. The summed E-state index contributed by atoms with van der Waals surface area (Å²) in [4.78, 5) is 11.8. The van der Waals surface area contributed by atoms with Gasteiger partial charge in [0, 0.05) is 10.7 Å². The molecule has 0 saturated carbocycles. The smallest absolute Gasteiger partial charge is 0.387 e. The lowest BCUT2D eigenvalue weighted by Gasteiger charge is -2.13. The van der Waals surface area contributed by atoms with Gasteiger partial charge in [-0.15, -0.1) is 0 Å². The SMILES string of the molecule is O=C(COc1ccc(Cl)cc1Cl)NNC(=S)Nc1ccc(OC(F)F)cc1. The zero-order valence-corrected chi connectivity index (χ0v) is 15.8. The van der Waals surface area contributed by atoms with Gasteiger partial charge in [0.1, 0.15) is 11.5 Å². The number of rotatable bonds is 6. The van der Waals surface area contributed by atoms with Crippen molar-refractivity contribution >= 4 is 52.1 Å². The lowest BCUT2D eigenvalue weighted by atomic mass is 10.3. The molecule has 2 aromatic carbocycles. The Morgan fingerprint density at radius 2 is 1.81 bits per heavy atom. The van der Waals surface area contributed by atoms with Crippen LogP contribution in [0.2, 0.25) is 10.0 Å². The van der Waals surface area contributed by atoms with E-state index in [0.717, 1.165) is 0 Å². The number of nitrogens with one attached hydrogen (secondary N) is 3. The third-order valence-corrected chi connectivity index (χ3v) is 3.64. The molecule has 144 valence electrons. The van der Waals surface area contributed by atoms with Gasteiger partial charge >= 0.3 is 6.61 Å². The summed E-state index contributed by atoms with van der Waals surface area (Å²) in [5, 5.41) is 3.56. The molecule has 1 amide bonds. The molecule has 2 rings (SSSR count). The lowest BCUT2D eigenvalue weighted by Crippen LogP contribution is -2.45. The average Bonchev–Trinajstić information content (AvgIpc) is 2.60. The number of anilines is 1. The molecule has 0 aliphatic heterocycles. The van der Waals surface area contributed by atoms with Gasteiger partial charge in [0.15, 0.2) is 11.7 Å². The van der Waals surface area contributed by atoms with Gasteiger partial charge in [-0.2, -0.15) is 8.78 Å². The Balaban J connectivity index is 1.73. The summed E-state index contributed by atoms with van der Waals surface area (Å²) < 4.78 is 33.7. The van der Waals surface area contributed by atoms with E-state index < -0.39 is 12.5 Å². The molecule has 3 N–H and O–H groups in total. The van der Waals surface area contributed by atoms with Gasteiger partial charge in [-0.3, -0.25) is 15.6 Å². The summed E-state index contributed by atoms with van der Waals surface area (Å²) in [5.74, 6) is -0.186. The number of hydrogen-bond acceptors (Lipinski definition) is 4. The molecule has 2 aromatic rings. The molecule has 27 heavy (non-hydrogen) atoms. The van der Waals surface area contributed by atoms with Crippen LogP contribution in [0, 0.1) is 0 Å². The van der Waals surface area contributed by atoms with Gasteiger partial charge in [0.25, 0.3) is 5.91 Å². The van der Waals surface area contributed by atoms with Crippen molar-refractivity contribution in [3.8, 4) is 11.5 Å². The zero-order chi connectivity index (χ0) is 19.8. The molecule has 0 heterocycles. The van der Waals surface area contributed by atoms with Gasteiger partial charge in [0.05, 0.1) is 5.02 Å². The van der Waals surface area contributed by atoms with Crippen molar-refractivity contribution in [1.29, 1.82) is 0 Å². The highest BCUT2D eigenvalue weighted by Crippen LogP contribution is 2.27. The van der Waals surface area contributed by atoms with E-state index in [9.17, 15) is 13.6 Å². The standard InChI is InChI=1S/C16H13Cl2F2N3O3S/c17-9-1-6-13(12(18)7-9)25-8-14(24)22-23-16(27)21-10-2-4-11(5-3-10)26-15(19)20/h1-7,15H,8H2,(H,22,24)(H2,21,23,27). The molecule has 0 aliphatic rings. The predicted molar refractivity (Wildman–Crippen MR) is 103 cm³/mol. The maximum absolute atomic E-state index is 12.1. The van der Waals surface area contributed by atoms with Crippen LogP contribution in [0.1, 0.15) is 0 Å². The number of benzene rings is 2. The van der Waals surface area contributed by atoms with E-state index in [4.69, 9.17) is 40.2 Å². The van der Waals surface area contributed by atoms with E-state index >= 15 is 0 Å². The maximum atomic E-state index is 12.1. The lowest BCUT2D eigenvalue weighted by molar-refractivity contribution is -0.123. The summed E-state index contributed by atoms with van der Waals surface area (Å²) in [5.41, 5.74) is 5.31. The number of ether oxygens (including phenoxy) is 2. The molecule has 0 aromatic heterocycles. The van der Waals surface area contributed by atoms with Crippen LogP contribution in [0.5, 0.6) is 11.5 Å². The molecule has 0 bridgehead atoms. The van der Waals surface area contributed by atoms with E-state index in [2.05, 4.69) is 20.9 Å². The average molecular weight is 436 g/mol. The van der Waals surface area contributed by atoms with E-state index in [0.29, 0.717) is 16.5 Å². The minimum absolute atomic E-state index is 0.0146. The number of thiocarbonyl (C=S) groups is 1. The number of alkyl halides is 2. The van der Waals surface area contributed by atoms with Crippen LogP contribution in [-0.4, -0.2) is 24.2 Å². The number of amides is 1. The first-order valence-corrected chi connectivity index (χ1v) is 8.48. The Morgan fingerprint density at radius 1 is 1.11 bits per heavy atom. The van der Waals surface area contributed by atoms with Crippen LogP contribution < -0.4 is 25.6 Å². The Hall–Kier alpha value is -2.36. The monoisotopic (exact) mass is 435 g/mol. The van der Waals surface area contributed by atoms with Crippen molar-refractivity contribution < 1.29 is 23.0 Å². The second-order valence-electron chi connectivity index (χ2n) is 4.89. The van der Waals surface area contributed by atoms with Crippen molar-refractivity contribution in [3.63, 3.8) is 0 Å². The van der Waals surface area contributed by atoms with E-state index in [-0.39, 0.29) is 22.5 Å². The van der Waals surface area contributed by atoms with Crippen molar-refractivity contribution in [3.05, 3.63) is 52.5 Å². The molecule has 0 spiro atoms. The first-order chi connectivity index (χ1) is 12.8. The Labute approximate surface area is 168 Å². The Bertz CT molecular complexity index is 810. The van der Waals surface area contributed by atoms with Gasteiger partial charge in [-0.1, -0.05) is 23.2 Å². The van der Waals surface area contributed by atoms with Crippen molar-refractivity contribution in [2.45, 2.75) is 6.61 Å². The van der Waals surface area contributed by atoms with E-state index in [1.165, 1.54) is 30.3 Å². The van der Waals surface area contributed by atoms with Crippen LogP contribution in [0.25, 0.3) is 0 Å². The summed E-state index contributed by atoms with van der Waals surface area (Å²) in [6, 6.07) is 10.3. The largest absolute Gasteiger partial charge is 0.482 e.